The van der Waals surface area contributed by atoms with Crippen LogP contribution in [0.5, 0.6) is 0 Å². The number of aromatic nitrogens is 1. The number of nitrogens with zero attached hydrogens (tertiary/aromatic N) is 1. The Balaban J connectivity index is 2.36. The zero-order chi connectivity index (χ0) is 11.8. The fourth-order valence-electron chi connectivity index (χ4n) is 1.23. The van der Waals surface area contributed by atoms with Crippen LogP contribution in [-0.2, 0) is 9.53 Å². The van der Waals surface area contributed by atoms with Crippen molar-refractivity contribution >= 4 is 17.2 Å². The Kier molecular flexibility index (Phi) is 5.99. The minimum Gasteiger partial charge on any atom is -0.370 e. The summed E-state index contributed by atoms with van der Waals surface area (Å²) in [6.07, 6.45) is 2.55. The number of rotatable bonds is 7. The highest BCUT2D eigenvalue weighted by Crippen LogP contribution is 2.18. The second kappa shape index (κ2) is 7.32. The fourth-order valence-corrected chi connectivity index (χ4v) is 2.00. The Labute approximate surface area is 99.0 Å². The summed E-state index contributed by atoms with van der Waals surface area (Å²) < 4.78 is 5.05. The lowest BCUT2D eigenvalue weighted by Crippen LogP contribution is -2.32. The van der Waals surface area contributed by atoms with Gasteiger partial charge in [-0.05, 0) is 6.42 Å². The lowest BCUT2D eigenvalue weighted by Gasteiger charge is -2.14. The summed E-state index contributed by atoms with van der Waals surface area (Å²) in [6.45, 7) is 2.89. The van der Waals surface area contributed by atoms with Crippen molar-refractivity contribution in [3.05, 3.63) is 16.6 Å². The zero-order valence-corrected chi connectivity index (χ0v) is 10.1. The molecule has 1 rings (SSSR count). The fraction of sp³-hybridized carbons (Fsp3) is 0.600. The Morgan fingerprint density at radius 3 is 3.12 bits per heavy atom. The quantitative estimate of drug-likeness (QED) is 0.691. The van der Waals surface area contributed by atoms with Gasteiger partial charge in [-0.1, -0.05) is 6.92 Å². The van der Waals surface area contributed by atoms with E-state index in [0.29, 0.717) is 13.2 Å². The van der Waals surface area contributed by atoms with E-state index >= 15 is 0 Å². The predicted octanol–water partition coefficient (Wildman–Crippen LogP) is 0.686. The second-order valence-corrected chi connectivity index (χ2v) is 4.17. The number of hydrogen-bond acceptors (Lipinski definition) is 5. The first-order valence-electron chi connectivity index (χ1n) is 5.24. The summed E-state index contributed by atoms with van der Waals surface area (Å²) >= 11 is 1.54. The number of thiazole rings is 1. The number of carbonyl (C=O) groups is 1. The van der Waals surface area contributed by atoms with E-state index in [4.69, 9.17) is 10.5 Å². The minimum atomic E-state index is -0.129. The molecular formula is C10H17N3O2S. The number of hydrogen-bond donors (Lipinski definition) is 2. The van der Waals surface area contributed by atoms with Crippen LogP contribution in [-0.4, -0.2) is 30.6 Å². The average molecular weight is 243 g/mol. The van der Waals surface area contributed by atoms with Gasteiger partial charge in [0, 0.05) is 18.1 Å². The van der Waals surface area contributed by atoms with Crippen molar-refractivity contribution in [3.8, 4) is 0 Å². The molecule has 0 saturated carbocycles. The van der Waals surface area contributed by atoms with Gasteiger partial charge in [0.25, 0.3) is 0 Å². The van der Waals surface area contributed by atoms with E-state index in [0.717, 1.165) is 11.4 Å². The van der Waals surface area contributed by atoms with Crippen molar-refractivity contribution in [1.82, 2.24) is 10.3 Å². The minimum absolute atomic E-state index is 0.0195. The van der Waals surface area contributed by atoms with Gasteiger partial charge in [-0.15, -0.1) is 11.3 Å². The Morgan fingerprint density at radius 1 is 1.75 bits per heavy atom. The molecule has 16 heavy (non-hydrogen) atoms. The van der Waals surface area contributed by atoms with Crippen molar-refractivity contribution in [2.75, 3.05) is 19.8 Å². The van der Waals surface area contributed by atoms with Crippen molar-refractivity contribution < 1.29 is 9.53 Å². The van der Waals surface area contributed by atoms with Crippen LogP contribution in [0.4, 0.5) is 0 Å². The maximum atomic E-state index is 11.5. The maximum Gasteiger partial charge on any atom is 0.246 e. The Hall–Kier alpha value is -0.980. The number of amides is 1. The molecule has 0 spiro atoms. The van der Waals surface area contributed by atoms with E-state index in [1.54, 1.807) is 6.20 Å². The largest absolute Gasteiger partial charge is 0.370 e. The predicted molar refractivity (Wildman–Crippen MR) is 63.2 cm³/mol. The molecule has 0 aliphatic rings. The molecule has 1 aromatic heterocycles. The summed E-state index contributed by atoms with van der Waals surface area (Å²) in [4.78, 5) is 15.7. The summed E-state index contributed by atoms with van der Waals surface area (Å²) in [5, 5.41) is 5.69. The normalized spacial score (nSPS) is 12.4. The number of nitrogens with two attached hydrogens (primary N) is 1. The standard InChI is InChI=1S/C10H17N3O2S/c1-2-8(10-12-4-6-16-10)13-9(14)7-15-5-3-11/h4,6,8H,2-3,5,7,11H2,1H3,(H,13,14). The van der Waals surface area contributed by atoms with Crippen molar-refractivity contribution in [2.45, 2.75) is 19.4 Å². The van der Waals surface area contributed by atoms with Gasteiger partial charge in [-0.2, -0.15) is 0 Å². The van der Waals surface area contributed by atoms with E-state index in [2.05, 4.69) is 10.3 Å². The lowest BCUT2D eigenvalue weighted by atomic mass is 10.2. The number of carbonyl (C=O) groups excluding carboxylic acids is 1. The number of ether oxygens (including phenoxy) is 1. The molecule has 0 fully saturated rings. The second-order valence-electron chi connectivity index (χ2n) is 3.24. The molecular weight excluding hydrogens is 226 g/mol. The molecule has 1 heterocycles. The summed E-state index contributed by atoms with van der Waals surface area (Å²) in [5.74, 6) is -0.129. The van der Waals surface area contributed by atoms with E-state index in [1.165, 1.54) is 11.3 Å². The van der Waals surface area contributed by atoms with Crippen molar-refractivity contribution in [3.63, 3.8) is 0 Å². The summed E-state index contributed by atoms with van der Waals surface area (Å²) in [6, 6.07) is -0.0195. The van der Waals surface area contributed by atoms with Gasteiger partial charge in [0.05, 0.1) is 12.6 Å². The zero-order valence-electron chi connectivity index (χ0n) is 9.31. The van der Waals surface area contributed by atoms with E-state index in [9.17, 15) is 4.79 Å². The van der Waals surface area contributed by atoms with Crippen molar-refractivity contribution in [1.29, 1.82) is 0 Å². The number of nitrogens with one attached hydrogen (secondary N) is 1. The van der Waals surface area contributed by atoms with E-state index < -0.39 is 0 Å². The highest BCUT2D eigenvalue weighted by molar-refractivity contribution is 7.09. The first-order chi connectivity index (χ1) is 7.77. The first kappa shape index (κ1) is 13.1. The van der Waals surface area contributed by atoms with Crippen LogP contribution in [0, 0.1) is 0 Å². The molecule has 0 radical (unpaired) electrons. The molecule has 90 valence electrons. The van der Waals surface area contributed by atoms with Crippen LogP contribution in [0.25, 0.3) is 0 Å². The van der Waals surface area contributed by atoms with Crippen LogP contribution in [0.1, 0.15) is 24.4 Å². The third kappa shape index (κ3) is 4.26. The highest BCUT2D eigenvalue weighted by atomic mass is 32.1. The van der Waals surface area contributed by atoms with Gasteiger partial charge in [0.2, 0.25) is 5.91 Å². The SMILES string of the molecule is CCC(NC(=O)COCCN)c1nccs1. The van der Waals surface area contributed by atoms with Gasteiger partial charge in [-0.3, -0.25) is 4.79 Å². The first-order valence-corrected chi connectivity index (χ1v) is 6.12. The third-order valence-electron chi connectivity index (χ3n) is 1.99. The van der Waals surface area contributed by atoms with Crippen LogP contribution in [0.15, 0.2) is 11.6 Å². The van der Waals surface area contributed by atoms with Crippen LogP contribution >= 0.6 is 11.3 Å². The van der Waals surface area contributed by atoms with Crippen LogP contribution < -0.4 is 11.1 Å². The Morgan fingerprint density at radius 2 is 2.56 bits per heavy atom. The van der Waals surface area contributed by atoms with Gasteiger partial charge in [0.1, 0.15) is 11.6 Å². The molecule has 0 aliphatic carbocycles. The molecule has 1 atom stereocenters. The molecule has 0 aliphatic heterocycles. The van der Waals surface area contributed by atoms with Gasteiger partial charge in [-0.25, -0.2) is 4.98 Å². The molecule has 1 unspecified atom stereocenters. The molecule has 5 nitrogen and oxygen atoms in total. The van der Waals surface area contributed by atoms with Gasteiger partial charge < -0.3 is 15.8 Å². The summed E-state index contributed by atoms with van der Waals surface area (Å²) in [5.41, 5.74) is 5.25. The molecule has 0 aromatic carbocycles. The van der Waals surface area contributed by atoms with Crippen molar-refractivity contribution in [2.24, 2.45) is 5.73 Å². The van der Waals surface area contributed by atoms with Crippen LogP contribution in [0.2, 0.25) is 0 Å². The molecule has 0 bridgehead atoms. The molecule has 1 aromatic rings. The highest BCUT2D eigenvalue weighted by Gasteiger charge is 2.14. The molecule has 1 amide bonds. The molecule has 6 heteroatoms. The molecule has 0 saturated heterocycles. The summed E-state index contributed by atoms with van der Waals surface area (Å²) in [7, 11) is 0. The third-order valence-corrected chi connectivity index (χ3v) is 2.88. The van der Waals surface area contributed by atoms with E-state index in [-0.39, 0.29) is 18.6 Å². The van der Waals surface area contributed by atoms with Gasteiger partial charge >= 0.3 is 0 Å². The van der Waals surface area contributed by atoms with E-state index in [1.807, 2.05) is 12.3 Å². The smallest absolute Gasteiger partial charge is 0.246 e. The monoisotopic (exact) mass is 243 g/mol. The lowest BCUT2D eigenvalue weighted by molar-refractivity contribution is -0.126. The molecule has 3 N–H and O–H groups in total. The van der Waals surface area contributed by atoms with Crippen LogP contribution in [0.3, 0.4) is 0 Å². The topological polar surface area (TPSA) is 77.2 Å². The Bertz CT molecular complexity index is 303. The average Bonchev–Trinajstić information content (AvgIpc) is 2.79. The maximum absolute atomic E-state index is 11.5. The van der Waals surface area contributed by atoms with Gasteiger partial charge in [0.15, 0.2) is 0 Å².